The van der Waals surface area contributed by atoms with Crippen LogP contribution < -0.4 is 0 Å². The molecule has 2 aromatic carbocycles. The summed E-state index contributed by atoms with van der Waals surface area (Å²) >= 11 is 12.3. The maximum absolute atomic E-state index is 13.7. The van der Waals surface area contributed by atoms with Crippen LogP contribution in [-0.4, -0.2) is 0 Å². The van der Waals surface area contributed by atoms with Crippen LogP contribution in [-0.2, 0) is 6.42 Å². The van der Waals surface area contributed by atoms with Gasteiger partial charge in [0.15, 0.2) is 0 Å². The molecule has 0 aliphatic rings. The van der Waals surface area contributed by atoms with Gasteiger partial charge in [0, 0.05) is 10.6 Å². The Morgan fingerprint density at radius 2 is 1.83 bits per heavy atom. The van der Waals surface area contributed by atoms with Crippen molar-refractivity contribution in [2.24, 2.45) is 0 Å². The van der Waals surface area contributed by atoms with Crippen molar-refractivity contribution >= 4 is 23.2 Å². The summed E-state index contributed by atoms with van der Waals surface area (Å²) in [5.74, 6) is -0.351. The van der Waals surface area contributed by atoms with Crippen LogP contribution in [0.15, 0.2) is 42.5 Å². The quantitative estimate of drug-likeness (QED) is 0.669. The van der Waals surface area contributed by atoms with Gasteiger partial charge in [-0.2, -0.15) is 0 Å². The smallest absolute Gasteiger partial charge is 0.129 e. The summed E-state index contributed by atoms with van der Waals surface area (Å²) in [4.78, 5) is 0. The van der Waals surface area contributed by atoms with Crippen molar-refractivity contribution in [3.63, 3.8) is 0 Å². The van der Waals surface area contributed by atoms with Crippen molar-refractivity contribution in [1.82, 2.24) is 0 Å². The molecule has 2 aromatic rings. The molecule has 0 N–H and O–H groups in total. The molecule has 0 aliphatic carbocycles. The van der Waals surface area contributed by atoms with Crippen molar-refractivity contribution in [3.05, 3.63) is 70.0 Å². The standard InChI is InChI=1S/C15H13Cl2F/c1-10-5-2-3-6-11(10)9-13(17)15-12(16)7-4-8-14(15)18/h2-8,13H,9H2,1H3. The van der Waals surface area contributed by atoms with E-state index >= 15 is 0 Å². The summed E-state index contributed by atoms with van der Waals surface area (Å²) in [5.41, 5.74) is 2.64. The molecule has 1 unspecified atom stereocenters. The van der Waals surface area contributed by atoms with Gasteiger partial charge >= 0.3 is 0 Å². The van der Waals surface area contributed by atoms with E-state index in [9.17, 15) is 4.39 Å². The molecule has 0 saturated heterocycles. The van der Waals surface area contributed by atoms with Gasteiger partial charge in [0.2, 0.25) is 0 Å². The molecule has 2 rings (SSSR count). The highest BCUT2D eigenvalue weighted by Crippen LogP contribution is 2.33. The average Bonchev–Trinajstić information content (AvgIpc) is 2.32. The fourth-order valence-electron chi connectivity index (χ4n) is 1.94. The second kappa shape index (κ2) is 5.73. The summed E-state index contributed by atoms with van der Waals surface area (Å²) in [7, 11) is 0. The fourth-order valence-corrected chi connectivity index (χ4v) is 2.68. The number of halogens is 3. The zero-order chi connectivity index (χ0) is 13.1. The lowest BCUT2D eigenvalue weighted by Gasteiger charge is -2.14. The Labute approximate surface area is 116 Å². The molecule has 0 heterocycles. The van der Waals surface area contributed by atoms with Crippen molar-refractivity contribution < 1.29 is 4.39 Å². The highest BCUT2D eigenvalue weighted by molar-refractivity contribution is 6.32. The molecule has 0 bridgehead atoms. The van der Waals surface area contributed by atoms with Gasteiger partial charge in [-0.25, -0.2) is 4.39 Å². The first-order valence-corrected chi connectivity index (χ1v) is 6.53. The van der Waals surface area contributed by atoms with E-state index in [0.717, 1.165) is 11.1 Å². The van der Waals surface area contributed by atoms with Crippen molar-refractivity contribution in [2.45, 2.75) is 18.7 Å². The number of rotatable bonds is 3. The minimum absolute atomic E-state index is 0.351. The van der Waals surface area contributed by atoms with Gasteiger partial charge < -0.3 is 0 Å². The molecule has 1 atom stereocenters. The van der Waals surface area contributed by atoms with Crippen LogP contribution in [0.1, 0.15) is 22.1 Å². The Hall–Kier alpha value is -1.05. The molecule has 0 aliphatic heterocycles. The number of aryl methyl sites for hydroxylation is 1. The first-order valence-electron chi connectivity index (χ1n) is 5.72. The molecule has 18 heavy (non-hydrogen) atoms. The maximum atomic E-state index is 13.7. The normalized spacial score (nSPS) is 12.4. The lowest BCUT2D eigenvalue weighted by Crippen LogP contribution is -2.01. The van der Waals surface area contributed by atoms with Gasteiger partial charge in [-0.15, -0.1) is 11.6 Å². The largest absolute Gasteiger partial charge is 0.207 e. The lowest BCUT2D eigenvalue weighted by molar-refractivity contribution is 0.606. The molecule has 0 aromatic heterocycles. The predicted molar refractivity (Wildman–Crippen MR) is 74.9 cm³/mol. The summed E-state index contributed by atoms with van der Waals surface area (Å²) in [6.45, 7) is 2.02. The number of hydrogen-bond acceptors (Lipinski definition) is 0. The second-order valence-electron chi connectivity index (χ2n) is 4.23. The van der Waals surface area contributed by atoms with E-state index in [0.29, 0.717) is 17.0 Å². The van der Waals surface area contributed by atoms with E-state index in [1.54, 1.807) is 12.1 Å². The van der Waals surface area contributed by atoms with E-state index in [2.05, 4.69) is 0 Å². The molecule has 0 spiro atoms. The van der Waals surface area contributed by atoms with Gasteiger partial charge in [0.25, 0.3) is 0 Å². The molecule has 0 fully saturated rings. The van der Waals surface area contributed by atoms with Crippen molar-refractivity contribution in [1.29, 1.82) is 0 Å². The molecule has 0 saturated carbocycles. The van der Waals surface area contributed by atoms with Gasteiger partial charge in [-0.3, -0.25) is 0 Å². The zero-order valence-corrected chi connectivity index (χ0v) is 11.5. The van der Waals surface area contributed by atoms with Gasteiger partial charge in [0.05, 0.1) is 5.38 Å². The Morgan fingerprint density at radius 3 is 2.50 bits per heavy atom. The van der Waals surface area contributed by atoms with Gasteiger partial charge in [-0.05, 0) is 36.6 Å². The van der Waals surface area contributed by atoms with E-state index in [4.69, 9.17) is 23.2 Å². The number of hydrogen-bond donors (Lipinski definition) is 0. The van der Waals surface area contributed by atoms with Crippen LogP contribution in [0.25, 0.3) is 0 Å². The molecule has 0 nitrogen and oxygen atoms in total. The lowest BCUT2D eigenvalue weighted by atomic mass is 10.00. The summed E-state index contributed by atoms with van der Waals surface area (Å²) in [6.07, 6.45) is 0.564. The third-order valence-electron chi connectivity index (χ3n) is 2.97. The average molecular weight is 283 g/mol. The van der Waals surface area contributed by atoms with E-state index in [1.165, 1.54) is 6.07 Å². The second-order valence-corrected chi connectivity index (χ2v) is 5.17. The molecule has 3 heteroatoms. The molecule has 0 radical (unpaired) electrons. The molecular formula is C15H13Cl2F. The fraction of sp³-hybridized carbons (Fsp3) is 0.200. The number of benzene rings is 2. The highest BCUT2D eigenvalue weighted by atomic mass is 35.5. The molecule has 0 amide bonds. The monoisotopic (exact) mass is 282 g/mol. The topological polar surface area (TPSA) is 0 Å². The first-order chi connectivity index (χ1) is 8.59. The van der Waals surface area contributed by atoms with Crippen LogP contribution in [0.2, 0.25) is 5.02 Å². The first kappa shape index (κ1) is 13.4. The van der Waals surface area contributed by atoms with E-state index < -0.39 is 5.38 Å². The molecular weight excluding hydrogens is 270 g/mol. The summed E-state index contributed by atoms with van der Waals surface area (Å²) in [6, 6.07) is 12.6. The van der Waals surface area contributed by atoms with Crippen LogP contribution in [0.5, 0.6) is 0 Å². The van der Waals surface area contributed by atoms with E-state index in [1.807, 2.05) is 31.2 Å². The van der Waals surface area contributed by atoms with Crippen LogP contribution >= 0.6 is 23.2 Å². The maximum Gasteiger partial charge on any atom is 0.129 e. The number of alkyl halides is 1. The van der Waals surface area contributed by atoms with Gasteiger partial charge in [0.1, 0.15) is 5.82 Å². The Kier molecular flexibility index (Phi) is 4.26. The SMILES string of the molecule is Cc1ccccc1CC(Cl)c1c(F)cccc1Cl. The minimum Gasteiger partial charge on any atom is -0.207 e. The zero-order valence-electron chi connectivity index (χ0n) is 9.96. The van der Waals surface area contributed by atoms with E-state index in [-0.39, 0.29) is 5.82 Å². The third-order valence-corrected chi connectivity index (χ3v) is 3.68. The molecule has 94 valence electrons. The van der Waals surface area contributed by atoms with Crippen LogP contribution in [0, 0.1) is 12.7 Å². The highest BCUT2D eigenvalue weighted by Gasteiger charge is 2.17. The van der Waals surface area contributed by atoms with Crippen molar-refractivity contribution in [2.75, 3.05) is 0 Å². The minimum atomic E-state index is -0.459. The van der Waals surface area contributed by atoms with Crippen LogP contribution in [0.3, 0.4) is 0 Å². The summed E-state index contributed by atoms with van der Waals surface area (Å²) in [5, 5.41) is -0.0802. The Balaban J connectivity index is 2.28. The summed E-state index contributed by atoms with van der Waals surface area (Å²) < 4.78 is 13.7. The predicted octanol–water partition coefficient (Wildman–Crippen LogP) is 5.31. The Bertz CT molecular complexity index is 532. The third kappa shape index (κ3) is 2.85. The van der Waals surface area contributed by atoms with Gasteiger partial charge in [-0.1, -0.05) is 41.9 Å². The Morgan fingerprint density at radius 1 is 1.11 bits per heavy atom. The van der Waals surface area contributed by atoms with Crippen molar-refractivity contribution in [3.8, 4) is 0 Å². The van der Waals surface area contributed by atoms with Crippen LogP contribution in [0.4, 0.5) is 4.39 Å².